The van der Waals surface area contributed by atoms with Crippen LogP contribution in [0, 0.1) is 0 Å². The van der Waals surface area contributed by atoms with Crippen LogP contribution < -0.4 is 9.59 Å². The maximum atomic E-state index is 8.93. The third-order valence-electron chi connectivity index (χ3n) is 2.25. The van der Waals surface area contributed by atoms with Crippen LogP contribution in [0.3, 0.4) is 0 Å². The van der Waals surface area contributed by atoms with Crippen molar-refractivity contribution in [2.24, 2.45) is 0 Å². The molecule has 0 saturated heterocycles. The van der Waals surface area contributed by atoms with Gasteiger partial charge in [-0.2, -0.15) is 0 Å². The van der Waals surface area contributed by atoms with Crippen LogP contribution in [0.5, 0.6) is 0 Å². The Balaban J connectivity index is 0.000000500. The van der Waals surface area contributed by atoms with Gasteiger partial charge in [-0.15, -0.1) is 6.61 Å². The summed E-state index contributed by atoms with van der Waals surface area (Å²) in [5.41, 5.74) is 1.37. The van der Waals surface area contributed by atoms with Crippen molar-refractivity contribution >= 4 is 5.69 Å². The van der Waals surface area contributed by atoms with Gasteiger partial charge in [0.25, 0.3) is 0 Å². The van der Waals surface area contributed by atoms with Crippen LogP contribution in [0.4, 0.5) is 5.69 Å². The molecule has 0 heterocycles. The van der Waals surface area contributed by atoms with Crippen molar-refractivity contribution in [2.45, 2.75) is 13.8 Å². The predicted molar refractivity (Wildman–Crippen MR) is 61.2 cm³/mol. The average molecular weight is 195 g/mol. The molecule has 0 aromatic heterocycles. The van der Waals surface area contributed by atoms with Crippen LogP contribution >= 0.6 is 0 Å². The van der Waals surface area contributed by atoms with Gasteiger partial charge in [-0.25, -0.2) is 0 Å². The van der Waals surface area contributed by atoms with Gasteiger partial charge < -0.3 is 5.11 Å². The van der Waals surface area contributed by atoms with E-state index < -0.39 is 0 Å². The fourth-order valence-electron chi connectivity index (χ4n) is 1.01. The smallest absolute Gasteiger partial charge is 0.132 e. The fraction of sp³-hybridized carbons (Fsp3) is 0.500. The van der Waals surface area contributed by atoms with Gasteiger partial charge in [0.2, 0.25) is 0 Å². The van der Waals surface area contributed by atoms with E-state index in [1.54, 1.807) is 6.92 Å². The van der Waals surface area contributed by atoms with E-state index in [-0.39, 0.29) is 6.61 Å². The molecule has 0 aliphatic heterocycles. The van der Waals surface area contributed by atoms with Gasteiger partial charge in [0.15, 0.2) is 0 Å². The molecule has 1 rings (SSSR count). The normalized spacial score (nSPS) is 10.4. The van der Waals surface area contributed by atoms with E-state index >= 15 is 0 Å². The first-order valence-corrected chi connectivity index (χ1v) is 5.05. The van der Waals surface area contributed by atoms with Crippen LogP contribution in [0.15, 0.2) is 30.3 Å². The van der Waals surface area contributed by atoms with Gasteiger partial charge in [0.1, 0.15) is 5.69 Å². The minimum Gasteiger partial charge on any atom is -0.855 e. The second kappa shape index (κ2) is 6.57. The van der Waals surface area contributed by atoms with Crippen molar-refractivity contribution in [3.63, 3.8) is 0 Å². The van der Waals surface area contributed by atoms with E-state index in [4.69, 9.17) is 5.11 Å². The molecule has 14 heavy (non-hydrogen) atoms. The molecule has 0 atom stereocenters. The van der Waals surface area contributed by atoms with E-state index in [0.717, 1.165) is 11.0 Å². The van der Waals surface area contributed by atoms with Crippen molar-refractivity contribution < 1.29 is 5.11 Å². The summed E-state index contributed by atoms with van der Waals surface area (Å²) in [5.74, 6) is 0. The lowest BCUT2D eigenvalue weighted by Gasteiger charge is -2.27. The molecule has 0 amide bonds. The Kier molecular flexibility index (Phi) is 6.17. The molecule has 0 saturated carbocycles. The van der Waals surface area contributed by atoms with Crippen molar-refractivity contribution in [2.75, 3.05) is 27.2 Å². The number of benzene rings is 1. The number of nitrogens with zero attached hydrogens (tertiary/aromatic N) is 1. The van der Waals surface area contributed by atoms with E-state index in [1.807, 2.05) is 0 Å². The lowest BCUT2D eigenvalue weighted by molar-refractivity contribution is -0.361. The quantitative estimate of drug-likeness (QED) is 0.658. The van der Waals surface area contributed by atoms with Gasteiger partial charge in [-0.05, 0) is 19.1 Å². The highest BCUT2D eigenvalue weighted by atomic mass is 16.2. The van der Waals surface area contributed by atoms with Crippen LogP contribution in [-0.2, 0) is 0 Å². The number of hydrogen-bond donors (Lipinski definition) is 0. The van der Waals surface area contributed by atoms with Crippen molar-refractivity contribution in [3.8, 4) is 0 Å². The first-order valence-electron chi connectivity index (χ1n) is 5.05. The predicted octanol–water partition coefficient (Wildman–Crippen LogP) is 1.64. The van der Waals surface area contributed by atoms with Crippen molar-refractivity contribution in [1.29, 1.82) is 0 Å². The van der Waals surface area contributed by atoms with Gasteiger partial charge in [-0.3, -0.25) is 4.48 Å². The summed E-state index contributed by atoms with van der Waals surface area (Å²) in [5, 5.41) is 8.93. The molecule has 0 fully saturated rings. The highest BCUT2D eigenvalue weighted by Crippen LogP contribution is 2.16. The van der Waals surface area contributed by atoms with E-state index in [2.05, 4.69) is 51.4 Å². The molecular formula is C12H21NO. The zero-order valence-corrected chi connectivity index (χ0v) is 9.66. The van der Waals surface area contributed by atoms with Crippen LogP contribution in [0.1, 0.15) is 13.8 Å². The number of quaternary nitrogens is 1. The Labute approximate surface area is 87.4 Å². The Hall–Kier alpha value is -0.860. The Bertz CT molecular complexity index is 231. The van der Waals surface area contributed by atoms with E-state index in [9.17, 15) is 0 Å². The second-order valence-electron chi connectivity index (χ2n) is 3.63. The minimum atomic E-state index is 0. The highest BCUT2D eigenvalue weighted by Gasteiger charge is 2.13. The second-order valence-corrected chi connectivity index (χ2v) is 3.63. The monoisotopic (exact) mass is 195 g/mol. The molecule has 0 N–H and O–H groups in total. The maximum Gasteiger partial charge on any atom is 0.132 e. The van der Waals surface area contributed by atoms with E-state index in [1.165, 1.54) is 5.69 Å². The van der Waals surface area contributed by atoms with E-state index in [0.29, 0.717) is 0 Å². The molecule has 0 unspecified atom stereocenters. The molecule has 80 valence electrons. The molecule has 0 spiro atoms. The first kappa shape index (κ1) is 13.1. The molecule has 0 aliphatic rings. The summed E-state index contributed by atoms with van der Waals surface area (Å²) in [4.78, 5) is 0. The molecule has 0 bridgehead atoms. The Morgan fingerprint density at radius 2 is 1.50 bits per heavy atom. The molecular weight excluding hydrogens is 174 g/mol. The molecule has 2 heteroatoms. The number of para-hydroxylation sites is 1. The first-order chi connectivity index (χ1) is 6.58. The minimum absolute atomic E-state index is 0. The summed E-state index contributed by atoms with van der Waals surface area (Å²) < 4.78 is 0.959. The van der Waals surface area contributed by atoms with Gasteiger partial charge >= 0.3 is 0 Å². The van der Waals surface area contributed by atoms with Crippen LogP contribution in [0.2, 0.25) is 0 Å². The Morgan fingerprint density at radius 3 is 1.86 bits per heavy atom. The van der Waals surface area contributed by atoms with Gasteiger partial charge in [0, 0.05) is 0 Å². The zero-order valence-electron chi connectivity index (χ0n) is 9.66. The largest absolute Gasteiger partial charge is 0.855 e. The lowest BCUT2D eigenvalue weighted by atomic mass is 10.2. The molecule has 1 aromatic rings. The summed E-state index contributed by atoms with van der Waals surface area (Å²) in [6, 6.07) is 10.6. The number of hydrogen-bond acceptors (Lipinski definition) is 1. The van der Waals surface area contributed by atoms with Crippen molar-refractivity contribution in [1.82, 2.24) is 4.48 Å². The van der Waals surface area contributed by atoms with Gasteiger partial charge in [-0.1, -0.05) is 25.1 Å². The molecule has 0 radical (unpaired) electrons. The third kappa shape index (κ3) is 4.40. The highest BCUT2D eigenvalue weighted by molar-refractivity contribution is 5.40. The molecule has 2 nitrogen and oxygen atoms in total. The van der Waals surface area contributed by atoms with Crippen molar-refractivity contribution in [3.05, 3.63) is 30.3 Å². The third-order valence-corrected chi connectivity index (χ3v) is 2.25. The summed E-state index contributed by atoms with van der Waals surface area (Å²) in [6.07, 6.45) is 0. The van der Waals surface area contributed by atoms with Crippen LogP contribution in [-0.4, -0.2) is 27.2 Å². The van der Waals surface area contributed by atoms with Gasteiger partial charge in [0.05, 0.1) is 20.6 Å². The maximum absolute atomic E-state index is 8.93. The summed E-state index contributed by atoms with van der Waals surface area (Å²) >= 11 is 0. The Morgan fingerprint density at radius 1 is 1.07 bits per heavy atom. The fourth-order valence-corrected chi connectivity index (χ4v) is 1.01. The molecule has 0 aliphatic carbocycles. The average Bonchev–Trinajstić information content (AvgIpc) is 2.20. The standard InChI is InChI=1S/C10H16N.C2H5O/c1-4-11(2,3)10-8-6-5-7-9-10;1-2-3/h5-9H,4H2,1-3H3;2H2,1H3/q+1;-1. The zero-order chi connectivity index (χ0) is 11.0. The molecule has 1 aromatic carbocycles. The number of rotatable bonds is 2. The summed E-state index contributed by atoms with van der Waals surface area (Å²) in [7, 11) is 4.44. The van der Waals surface area contributed by atoms with Crippen LogP contribution in [0.25, 0.3) is 0 Å². The summed E-state index contributed by atoms with van der Waals surface area (Å²) in [6.45, 7) is 4.90. The SMILES string of the molecule is CC[N+](C)(C)c1ccccc1.CC[O-]. The topological polar surface area (TPSA) is 23.1 Å². The lowest BCUT2D eigenvalue weighted by Crippen LogP contribution is -2.39.